The highest BCUT2D eigenvalue weighted by molar-refractivity contribution is 4.99. The summed E-state index contributed by atoms with van der Waals surface area (Å²) in [6.45, 7) is 6.13. The van der Waals surface area contributed by atoms with Crippen LogP contribution in [0.15, 0.2) is 0 Å². The molecule has 1 heteroatoms. The van der Waals surface area contributed by atoms with Crippen molar-refractivity contribution < 1.29 is 0 Å². The third kappa shape index (κ3) is 2.96. The number of rotatable bonds is 6. The topological polar surface area (TPSA) is 3.24 Å². The van der Waals surface area contributed by atoms with Crippen LogP contribution in [0.25, 0.3) is 0 Å². The first kappa shape index (κ1) is 11.4. The number of piperidine rings is 1. The average Bonchev–Trinajstić information content (AvgIpc) is 3.02. The van der Waals surface area contributed by atoms with E-state index in [1.54, 1.807) is 0 Å². The summed E-state index contributed by atoms with van der Waals surface area (Å²) >= 11 is 0. The highest BCUT2D eigenvalue weighted by Crippen LogP contribution is 2.44. The molecule has 0 radical (unpaired) electrons. The van der Waals surface area contributed by atoms with Crippen LogP contribution in [0.5, 0.6) is 0 Å². The predicted molar refractivity (Wildman–Crippen MR) is 66.1 cm³/mol. The Bertz CT molecular complexity index is 190. The summed E-state index contributed by atoms with van der Waals surface area (Å²) in [5.41, 5.74) is 0. The number of hydrogen-bond donors (Lipinski definition) is 0. The fraction of sp³-hybridized carbons (Fsp3) is 1.00. The van der Waals surface area contributed by atoms with Gasteiger partial charge in [-0.15, -0.1) is 0 Å². The van der Waals surface area contributed by atoms with Gasteiger partial charge in [0.25, 0.3) is 0 Å². The van der Waals surface area contributed by atoms with Gasteiger partial charge in [0, 0.05) is 12.1 Å². The van der Waals surface area contributed by atoms with E-state index in [9.17, 15) is 0 Å². The molecular formula is C14H27N. The number of hydrogen-bond acceptors (Lipinski definition) is 1. The molecule has 3 unspecified atom stereocenters. The Morgan fingerprint density at radius 3 is 2.93 bits per heavy atom. The van der Waals surface area contributed by atoms with Gasteiger partial charge in [0.1, 0.15) is 0 Å². The minimum absolute atomic E-state index is 0.858. The third-order valence-corrected chi connectivity index (χ3v) is 4.34. The second-order valence-electron chi connectivity index (χ2n) is 5.64. The zero-order valence-electron chi connectivity index (χ0n) is 10.5. The van der Waals surface area contributed by atoms with E-state index in [-0.39, 0.29) is 0 Å². The van der Waals surface area contributed by atoms with Crippen molar-refractivity contribution in [1.29, 1.82) is 0 Å². The summed E-state index contributed by atoms with van der Waals surface area (Å²) in [7, 11) is 0. The van der Waals surface area contributed by atoms with Crippen LogP contribution in [0.2, 0.25) is 0 Å². The number of nitrogens with zero attached hydrogens (tertiary/aromatic N) is 1. The maximum absolute atomic E-state index is 2.81. The van der Waals surface area contributed by atoms with Gasteiger partial charge in [-0.2, -0.15) is 0 Å². The molecule has 1 saturated heterocycles. The van der Waals surface area contributed by atoms with Gasteiger partial charge in [-0.05, 0) is 45.1 Å². The van der Waals surface area contributed by atoms with Crippen LogP contribution in [-0.2, 0) is 0 Å². The van der Waals surface area contributed by atoms with Crippen LogP contribution >= 0.6 is 0 Å². The molecule has 1 aliphatic carbocycles. The molecule has 0 N–H and O–H groups in total. The highest BCUT2D eigenvalue weighted by Gasteiger charge is 2.44. The lowest BCUT2D eigenvalue weighted by Gasteiger charge is -2.32. The summed E-state index contributed by atoms with van der Waals surface area (Å²) in [6, 6.07) is 1.86. The second kappa shape index (κ2) is 5.34. The van der Waals surface area contributed by atoms with E-state index in [0.29, 0.717) is 0 Å². The molecule has 15 heavy (non-hydrogen) atoms. The molecule has 0 bridgehead atoms. The zero-order chi connectivity index (χ0) is 10.7. The minimum atomic E-state index is 0.858. The first-order chi connectivity index (χ1) is 7.33. The predicted octanol–water partition coefficient (Wildman–Crippen LogP) is 3.83. The molecule has 0 aromatic heterocycles. The Morgan fingerprint density at radius 1 is 1.27 bits per heavy atom. The highest BCUT2D eigenvalue weighted by atomic mass is 15.2. The van der Waals surface area contributed by atoms with Gasteiger partial charge in [0.15, 0.2) is 0 Å². The molecule has 0 aromatic carbocycles. The van der Waals surface area contributed by atoms with E-state index in [4.69, 9.17) is 0 Å². The van der Waals surface area contributed by atoms with Crippen molar-refractivity contribution in [1.82, 2.24) is 4.90 Å². The molecule has 1 saturated carbocycles. The molecule has 0 amide bonds. The van der Waals surface area contributed by atoms with Crippen LogP contribution in [0.3, 0.4) is 0 Å². The normalized spacial score (nSPS) is 32.4. The van der Waals surface area contributed by atoms with Gasteiger partial charge in [-0.1, -0.05) is 32.6 Å². The maximum atomic E-state index is 2.81. The zero-order valence-corrected chi connectivity index (χ0v) is 10.5. The third-order valence-electron chi connectivity index (χ3n) is 4.34. The van der Waals surface area contributed by atoms with Crippen molar-refractivity contribution >= 4 is 0 Å². The van der Waals surface area contributed by atoms with Gasteiger partial charge in [-0.25, -0.2) is 0 Å². The van der Waals surface area contributed by atoms with E-state index in [0.717, 1.165) is 18.0 Å². The summed E-state index contributed by atoms with van der Waals surface area (Å²) in [5.74, 6) is 1.09. The maximum Gasteiger partial charge on any atom is 0.0130 e. The first-order valence-corrected chi connectivity index (χ1v) is 7.08. The molecule has 2 fully saturated rings. The molecule has 88 valence electrons. The minimum Gasteiger partial charge on any atom is -0.297 e. The first-order valence-electron chi connectivity index (χ1n) is 7.08. The van der Waals surface area contributed by atoms with Crippen LogP contribution in [-0.4, -0.2) is 23.5 Å². The summed E-state index contributed by atoms with van der Waals surface area (Å²) < 4.78 is 0. The molecule has 1 nitrogen and oxygen atoms in total. The van der Waals surface area contributed by atoms with Crippen molar-refractivity contribution in [3.8, 4) is 0 Å². The Balaban J connectivity index is 1.64. The number of unbranched alkanes of at least 4 members (excludes halogenated alkanes) is 3. The van der Waals surface area contributed by atoms with Crippen molar-refractivity contribution in [3.05, 3.63) is 0 Å². The largest absolute Gasteiger partial charge is 0.297 e. The van der Waals surface area contributed by atoms with Crippen LogP contribution in [0.1, 0.15) is 65.2 Å². The van der Waals surface area contributed by atoms with Gasteiger partial charge in [-0.3, -0.25) is 4.90 Å². The smallest absolute Gasteiger partial charge is 0.0130 e. The van der Waals surface area contributed by atoms with Gasteiger partial charge in [0.2, 0.25) is 0 Å². The molecule has 0 spiro atoms. The quantitative estimate of drug-likeness (QED) is 0.601. The molecule has 1 heterocycles. The SMILES string of the molecule is CCCCCCC(C)N1CCCC2CC21. The van der Waals surface area contributed by atoms with Crippen LogP contribution in [0, 0.1) is 5.92 Å². The van der Waals surface area contributed by atoms with Gasteiger partial charge in [0.05, 0.1) is 0 Å². The van der Waals surface area contributed by atoms with E-state index >= 15 is 0 Å². The van der Waals surface area contributed by atoms with Crippen molar-refractivity contribution in [2.75, 3.05) is 6.54 Å². The fourth-order valence-corrected chi connectivity index (χ4v) is 3.23. The molecule has 1 aliphatic heterocycles. The lowest BCUT2D eigenvalue weighted by atomic mass is 10.0. The number of likely N-dealkylation sites (tertiary alicyclic amines) is 1. The monoisotopic (exact) mass is 209 g/mol. The lowest BCUT2D eigenvalue weighted by molar-refractivity contribution is 0.152. The van der Waals surface area contributed by atoms with E-state index < -0.39 is 0 Å². The Kier molecular flexibility index (Phi) is 4.07. The Hall–Kier alpha value is -0.0400. The van der Waals surface area contributed by atoms with Crippen molar-refractivity contribution in [3.63, 3.8) is 0 Å². The lowest BCUT2D eigenvalue weighted by Crippen LogP contribution is -2.39. The van der Waals surface area contributed by atoms with Crippen LogP contribution < -0.4 is 0 Å². The van der Waals surface area contributed by atoms with E-state index in [1.807, 2.05) is 0 Å². The number of fused-ring (bicyclic) bond motifs is 1. The van der Waals surface area contributed by atoms with E-state index in [2.05, 4.69) is 18.7 Å². The molecule has 0 aromatic rings. The van der Waals surface area contributed by atoms with Gasteiger partial charge < -0.3 is 0 Å². The standard InChI is InChI=1S/C14H27N/c1-3-4-5-6-8-12(2)15-10-7-9-13-11-14(13)15/h12-14H,3-11H2,1-2H3. The van der Waals surface area contributed by atoms with Crippen molar-refractivity contribution in [2.45, 2.75) is 77.3 Å². The average molecular weight is 209 g/mol. The second-order valence-corrected chi connectivity index (χ2v) is 5.64. The van der Waals surface area contributed by atoms with E-state index in [1.165, 1.54) is 57.9 Å². The van der Waals surface area contributed by atoms with Crippen molar-refractivity contribution in [2.24, 2.45) is 5.92 Å². The summed E-state index contributed by atoms with van der Waals surface area (Å²) in [5, 5.41) is 0. The molecular weight excluding hydrogens is 182 g/mol. The molecule has 2 aliphatic rings. The summed E-state index contributed by atoms with van der Waals surface area (Å²) in [6.07, 6.45) is 11.6. The molecule has 2 rings (SSSR count). The van der Waals surface area contributed by atoms with Gasteiger partial charge >= 0.3 is 0 Å². The Morgan fingerprint density at radius 2 is 2.13 bits per heavy atom. The summed E-state index contributed by atoms with van der Waals surface area (Å²) in [4.78, 5) is 2.81. The fourth-order valence-electron chi connectivity index (χ4n) is 3.23. The molecule has 3 atom stereocenters. The van der Waals surface area contributed by atoms with Crippen LogP contribution in [0.4, 0.5) is 0 Å². The Labute approximate surface area is 95.2 Å².